The van der Waals surface area contributed by atoms with E-state index in [0.717, 1.165) is 10.5 Å². The van der Waals surface area contributed by atoms with Gasteiger partial charge < -0.3 is 10.0 Å². The van der Waals surface area contributed by atoms with E-state index in [1.807, 2.05) is 19.9 Å². The number of benzene rings is 1. The van der Waals surface area contributed by atoms with Crippen LogP contribution in [-0.4, -0.2) is 66.7 Å². The highest BCUT2D eigenvalue weighted by Crippen LogP contribution is 2.53. The van der Waals surface area contributed by atoms with E-state index in [1.165, 1.54) is 16.7 Å². The second kappa shape index (κ2) is 6.22. The Labute approximate surface area is 171 Å². The van der Waals surface area contributed by atoms with E-state index in [9.17, 15) is 24.3 Å². The molecule has 2 unspecified atom stereocenters. The number of carbonyl (C=O) groups excluding carboxylic acids is 3. The van der Waals surface area contributed by atoms with E-state index in [4.69, 9.17) is 11.6 Å². The number of rotatable bonds is 4. The number of fused-ring (bicyclic) bond motifs is 2. The molecule has 7 nitrogen and oxygen atoms in total. The van der Waals surface area contributed by atoms with Crippen LogP contribution in [-0.2, 0) is 9.59 Å². The molecule has 0 aromatic heterocycles. The summed E-state index contributed by atoms with van der Waals surface area (Å²) in [7, 11) is 0. The molecule has 2 saturated heterocycles. The molecule has 4 rings (SSSR count). The van der Waals surface area contributed by atoms with E-state index < -0.39 is 45.9 Å². The Morgan fingerprint density at radius 2 is 1.96 bits per heavy atom. The largest absolute Gasteiger partial charge is 0.480 e. The molecule has 4 atom stereocenters. The number of imide groups is 1. The molecule has 9 heteroatoms. The SMILES string of the molecule is CC(C)c1cccc2c1C(=O)N(C1C(=O)N3C(C(=O)O)[C@](C)(CCl)S[C@@H]13)C2=O. The van der Waals surface area contributed by atoms with Crippen LogP contribution in [0.3, 0.4) is 0 Å². The lowest BCUT2D eigenvalue weighted by molar-refractivity contribution is -0.162. The van der Waals surface area contributed by atoms with Crippen molar-refractivity contribution in [1.29, 1.82) is 0 Å². The fourth-order valence-electron chi connectivity index (χ4n) is 4.29. The third-order valence-electron chi connectivity index (χ3n) is 5.68. The lowest BCUT2D eigenvalue weighted by Crippen LogP contribution is -2.71. The number of nitrogens with zero attached hydrogens (tertiary/aromatic N) is 2. The predicted octanol–water partition coefficient (Wildman–Crippen LogP) is 2.14. The summed E-state index contributed by atoms with van der Waals surface area (Å²) < 4.78 is -0.899. The van der Waals surface area contributed by atoms with Crippen LogP contribution < -0.4 is 0 Å². The van der Waals surface area contributed by atoms with Crippen LogP contribution in [0.25, 0.3) is 0 Å². The molecule has 1 aromatic rings. The quantitative estimate of drug-likeness (QED) is 0.454. The van der Waals surface area contributed by atoms with Gasteiger partial charge in [-0.2, -0.15) is 0 Å². The van der Waals surface area contributed by atoms with E-state index in [1.54, 1.807) is 19.1 Å². The van der Waals surface area contributed by atoms with Gasteiger partial charge in [0.2, 0.25) is 0 Å². The Hall–Kier alpha value is -2.06. The number of halogens is 1. The van der Waals surface area contributed by atoms with Gasteiger partial charge in [0.15, 0.2) is 0 Å². The number of amides is 3. The highest BCUT2D eigenvalue weighted by molar-refractivity contribution is 8.01. The molecule has 2 fully saturated rings. The number of thioether (sulfide) groups is 1. The van der Waals surface area contributed by atoms with Crippen LogP contribution in [0, 0.1) is 0 Å². The first kappa shape index (κ1) is 19.3. The number of alkyl halides is 1. The number of β-lactam (4-membered cyclic amide) rings is 1. The van der Waals surface area contributed by atoms with Gasteiger partial charge in [-0.25, -0.2) is 4.79 Å². The summed E-state index contributed by atoms with van der Waals surface area (Å²) in [4.78, 5) is 53.0. The number of hydrogen-bond donors (Lipinski definition) is 1. The van der Waals surface area contributed by atoms with Crippen molar-refractivity contribution in [2.75, 3.05) is 5.88 Å². The van der Waals surface area contributed by atoms with Crippen molar-refractivity contribution in [2.45, 2.75) is 48.9 Å². The van der Waals surface area contributed by atoms with Gasteiger partial charge in [-0.15, -0.1) is 23.4 Å². The minimum Gasteiger partial charge on any atom is -0.480 e. The molecule has 0 spiro atoms. The van der Waals surface area contributed by atoms with E-state index in [2.05, 4.69) is 0 Å². The number of hydrogen-bond acceptors (Lipinski definition) is 5. The summed E-state index contributed by atoms with van der Waals surface area (Å²) in [5.41, 5.74) is 1.39. The first-order valence-electron chi connectivity index (χ1n) is 8.93. The topological polar surface area (TPSA) is 95.0 Å². The summed E-state index contributed by atoms with van der Waals surface area (Å²) in [6.45, 7) is 5.55. The van der Waals surface area contributed by atoms with E-state index >= 15 is 0 Å². The maximum Gasteiger partial charge on any atom is 0.327 e. The summed E-state index contributed by atoms with van der Waals surface area (Å²) in [5, 5.41) is 8.99. The van der Waals surface area contributed by atoms with Crippen LogP contribution in [0.1, 0.15) is 53.0 Å². The molecule has 3 heterocycles. The monoisotopic (exact) mass is 422 g/mol. The molecular formula is C19H19ClN2O5S. The van der Waals surface area contributed by atoms with Crippen LogP contribution in [0.15, 0.2) is 18.2 Å². The Bertz CT molecular complexity index is 935. The maximum absolute atomic E-state index is 13.1. The van der Waals surface area contributed by atoms with Gasteiger partial charge in [0, 0.05) is 5.88 Å². The van der Waals surface area contributed by atoms with Crippen LogP contribution >= 0.6 is 23.4 Å². The summed E-state index contributed by atoms with van der Waals surface area (Å²) in [5.74, 6) is -2.60. The lowest BCUT2D eigenvalue weighted by Gasteiger charge is -2.46. The van der Waals surface area contributed by atoms with Crippen molar-refractivity contribution >= 4 is 47.1 Å². The molecule has 1 N–H and O–H groups in total. The van der Waals surface area contributed by atoms with Crippen LogP contribution in [0.5, 0.6) is 0 Å². The molecule has 3 aliphatic rings. The molecule has 0 radical (unpaired) electrons. The van der Waals surface area contributed by atoms with Gasteiger partial charge in [0.1, 0.15) is 17.5 Å². The number of carboxylic acid groups (broad SMARTS) is 1. The number of carboxylic acids is 1. The molecule has 3 aliphatic heterocycles. The van der Waals surface area contributed by atoms with Crippen molar-refractivity contribution in [3.63, 3.8) is 0 Å². The van der Waals surface area contributed by atoms with Crippen LogP contribution in [0.4, 0.5) is 0 Å². The second-order valence-corrected chi connectivity index (χ2v) is 9.71. The zero-order chi connectivity index (χ0) is 20.5. The van der Waals surface area contributed by atoms with Crippen molar-refractivity contribution in [2.24, 2.45) is 0 Å². The van der Waals surface area contributed by atoms with Crippen molar-refractivity contribution in [3.8, 4) is 0 Å². The third kappa shape index (κ3) is 2.30. The fourth-order valence-corrected chi connectivity index (χ4v) is 6.29. The zero-order valence-electron chi connectivity index (χ0n) is 15.5. The summed E-state index contributed by atoms with van der Waals surface area (Å²) in [6.07, 6.45) is 0. The highest BCUT2D eigenvalue weighted by atomic mass is 35.5. The molecule has 148 valence electrons. The average Bonchev–Trinajstić information content (AvgIpc) is 3.07. The molecule has 0 saturated carbocycles. The molecule has 3 amide bonds. The highest BCUT2D eigenvalue weighted by Gasteiger charge is 2.68. The smallest absolute Gasteiger partial charge is 0.327 e. The van der Waals surface area contributed by atoms with E-state index in [-0.39, 0.29) is 11.8 Å². The van der Waals surface area contributed by atoms with Crippen molar-refractivity contribution in [3.05, 3.63) is 34.9 Å². The lowest BCUT2D eigenvalue weighted by atomic mass is 9.94. The van der Waals surface area contributed by atoms with Gasteiger partial charge in [-0.05, 0) is 24.5 Å². The molecule has 1 aromatic carbocycles. The third-order valence-corrected chi connectivity index (χ3v) is 8.02. The van der Waals surface area contributed by atoms with Gasteiger partial charge in [-0.1, -0.05) is 26.0 Å². The minimum absolute atomic E-state index is 0.0290. The Morgan fingerprint density at radius 1 is 1.29 bits per heavy atom. The number of carbonyl (C=O) groups is 4. The maximum atomic E-state index is 13.1. The van der Waals surface area contributed by atoms with Gasteiger partial charge in [0.05, 0.1) is 15.9 Å². The second-order valence-electron chi connectivity index (χ2n) is 7.79. The van der Waals surface area contributed by atoms with Crippen molar-refractivity contribution in [1.82, 2.24) is 9.80 Å². The summed E-state index contributed by atoms with van der Waals surface area (Å²) in [6, 6.07) is 3.03. The van der Waals surface area contributed by atoms with Crippen LogP contribution in [0.2, 0.25) is 0 Å². The van der Waals surface area contributed by atoms with E-state index in [0.29, 0.717) is 11.1 Å². The Balaban J connectivity index is 1.72. The minimum atomic E-state index is -1.14. The molecule has 0 aliphatic carbocycles. The van der Waals surface area contributed by atoms with Gasteiger partial charge >= 0.3 is 5.97 Å². The first-order chi connectivity index (χ1) is 13.1. The molecular weight excluding hydrogens is 404 g/mol. The average molecular weight is 423 g/mol. The Morgan fingerprint density at radius 3 is 2.54 bits per heavy atom. The van der Waals surface area contributed by atoms with Gasteiger partial charge in [0.25, 0.3) is 17.7 Å². The number of aliphatic carboxylic acids is 1. The normalized spacial score (nSPS) is 31.3. The first-order valence-corrected chi connectivity index (χ1v) is 10.3. The summed E-state index contributed by atoms with van der Waals surface area (Å²) >= 11 is 7.26. The Kier molecular flexibility index (Phi) is 4.28. The molecule has 28 heavy (non-hydrogen) atoms. The van der Waals surface area contributed by atoms with Crippen molar-refractivity contribution < 1.29 is 24.3 Å². The van der Waals surface area contributed by atoms with Gasteiger partial charge in [-0.3, -0.25) is 19.3 Å². The fraction of sp³-hybridized carbons (Fsp3) is 0.474. The standard InChI is InChI=1S/C19H19ClN2O5S/c1-8(2)9-5-4-6-10-11(9)15(24)21(14(10)23)12-16(25)22-13(18(26)27)19(3,7-20)28-17(12)22/h4-6,8,12-13,17H,7H2,1-3H3,(H,26,27)/t12?,13?,17-,19-/m0/s1. The predicted molar refractivity (Wildman–Crippen MR) is 104 cm³/mol. The molecule has 0 bridgehead atoms. The zero-order valence-corrected chi connectivity index (χ0v) is 17.1.